The Hall–Kier alpha value is -0.510. The second kappa shape index (κ2) is 5.89. The topological polar surface area (TPSA) is 23.8 Å². The largest absolute Gasteiger partial charge is 0.453 e. The highest BCUT2D eigenvalue weighted by Crippen LogP contribution is 2.42. The molecule has 17 heavy (non-hydrogen) atoms. The molecule has 1 unspecified atom stereocenters. The molecule has 100 valence electrons. The normalized spacial score (nSPS) is 16.4. The van der Waals surface area contributed by atoms with Gasteiger partial charge in [-0.2, -0.15) is 27.2 Å². The summed E-state index contributed by atoms with van der Waals surface area (Å²) in [6, 6.07) is 1.80. The first-order valence-electron chi connectivity index (χ1n) is 5.08. The summed E-state index contributed by atoms with van der Waals surface area (Å²) >= 11 is 1.11. The molecule has 0 amide bonds. The Labute approximate surface area is 101 Å². The van der Waals surface area contributed by atoms with E-state index in [-0.39, 0.29) is 0 Å². The number of thioether (sulfide) groups is 1. The number of hydrogen-bond donors (Lipinski definition) is 0. The Morgan fingerprint density at radius 3 is 2.00 bits per heavy atom. The van der Waals surface area contributed by atoms with Gasteiger partial charge in [0.1, 0.15) is 0 Å². The molecule has 0 aromatic carbocycles. The van der Waals surface area contributed by atoms with Crippen molar-refractivity contribution in [3.05, 3.63) is 0 Å². The number of hydrogen-bond acceptors (Lipinski definition) is 2. The SMILES string of the molecule is CCCSC(C)(C#N)CCC(F)(F)C(F)(F)F. The summed E-state index contributed by atoms with van der Waals surface area (Å²) in [5.41, 5.74) is 0. The summed E-state index contributed by atoms with van der Waals surface area (Å²) in [5, 5.41) is 8.81. The molecule has 0 aliphatic carbocycles. The molecule has 7 heteroatoms. The van der Waals surface area contributed by atoms with Gasteiger partial charge in [-0.15, -0.1) is 11.8 Å². The van der Waals surface area contributed by atoms with Crippen LogP contribution >= 0.6 is 11.8 Å². The number of alkyl halides is 5. The van der Waals surface area contributed by atoms with Gasteiger partial charge in [-0.1, -0.05) is 6.92 Å². The highest BCUT2D eigenvalue weighted by molar-refractivity contribution is 8.00. The van der Waals surface area contributed by atoms with E-state index >= 15 is 0 Å². The molecule has 0 fully saturated rings. The van der Waals surface area contributed by atoms with E-state index in [2.05, 4.69) is 0 Å². The third-order valence-corrected chi connectivity index (χ3v) is 3.74. The van der Waals surface area contributed by atoms with Gasteiger partial charge in [-0.25, -0.2) is 0 Å². The van der Waals surface area contributed by atoms with Gasteiger partial charge in [0.2, 0.25) is 0 Å². The fourth-order valence-corrected chi connectivity index (χ4v) is 1.99. The average Bonchev–Trinajstić information content (AvgIpc) is 2.22. The molecule has 0 rings (SSSR count). The summed E-state index contributed by atoms with van der Waals surface area (Å²) in [6.07, 6.45) is -6.64. The summed E-state index contributed by atoms with van der Waals surface area (Å²) < 4.78 is 59.9. The monoisotopic (exact) mass is 275 g/mol. The molecule has 0 aliphatic heterocycles. The molecule has 0 heterocycles. The van der Waals surface area contributed by atoms with Crippen LogP contribution in [-0.4, -0.2) is 22.6 Å². The molecule has 0 saturated heterocycles. The zero-order valence-electron chi connectivity index (χ0n) is 9.57. The van der Waals surface area contributed by atoms with E-state index in [0.29, 0.717) is 5.75 Å². The fraction of sp³-hybridized carbons (Fsp3) is 0.900. The van der Waals surface area contributed by atoms with Crippen molar-refractivity contribution in [1.29, 1.82) is 5.26 Å². The van der Waals surface area contributed by atoms with Crippen molar-refractivity contribution >= 4 is 11.8 Å². The van der Waals surface area contributed by atoms with Gasteiger partial charge in [0.25, 0.3) is 0 Å². The van der Waals surface area contributed by atoms with Crippen molar-refractivity contribution in [1.82, 2.24) is 0 Å². The number of rotatable bonds is 6. The Bertz CT molecular complexity index is 283. The zero-order chi connectivity index (χ0) is 13.7. The van der Waals surface area contributed by atoms with Crippen molar-refractivity contribution in [2.45, 2.75) is 50.0 Å². The maximum atomic E-state index is 12.7. The third-order valence-electron chi connectivity index (χ3n) is 2.19. The predicted molar refractivity (Wildman–Crippen MR) is 57.0 cm³/mol. The van der Waals surface area contributed by atoms with E-state index < -0.39 is 29.7 Å². The second-order valence-electron chi connectivity index (χ2n) is 3.89. The molecule has 0 bridgehead atoms. The minimum Gasteiger partial charge on any atom is -0.197 e. The summed E-state index contributed by atoms with van der Waals surface area (Å²) in [7, 11) is 0. The number of halogens is 5. The molecule has 0 radical (unpaired) electrons. The third kappa shape index (κ3) is 5.11. The maximum absolute atomic E-state index is 12.7. The van der Waals surface area contributed by atoms with Gasteiger partial charge in [0.15, 0.2) is 0 Å². The van der Waals surface area contributed by atoms with E-state index in [4.69, 9.17) is 5.26 Å². The lowest BCUT2D eigenvalue weighted by Gasteiger charge is -2.25. The minimum atomic E-state index is -5.54. The molecule has 0 aromatic rings. The first kappa shape index (κ1) is 16.5. The molecule has 0 N–H and O–H groups in total. The molecule has 1 atom stereocenters. The van der Waals surface area contributed by atoms with Gasteiger partial charge in [0, 0.05) is 6.42 Å². The summed E-state index contributed by atoms with van der Waals surface area (Å²) in [6.45, 7) is 3.23. The number of nitrogens with zero attached hydrogens (tertiary/aromatic N) is 1. The van der Waals surface area contributed by atoms with E-state index in [1.54, 1.807) is 6.07 Å². The Kier molecular flexibility index (Phi) is 5.72. The van der Waals surface area contributed by atoms with Crippen LogP contribution in [0.15, 0.2) is 0 Å². The van der Waals surface area contributed by atoms with Crippen LogP contribution in [0.5, 0.6) is 0 Å². The smallest absolute Gasteiger partial charge is 0.197 e. The van der Waals surface area contributed by atoms with Crippen LogP contribution in [0.3, 0.4) is 0 Å². The Morgan fingerprint density at radius 1 is 1.12 bits per heavy atom. The molecule has 0 spiro atoms. The van der Waals surface area contributed by atoms with Crippen LogP contribution in [0.1, 0.15) is 33.1 Å². The highest BCUT2D eigenvalue weighted by Gasteiger charge is 2.57. The quantitative estimate of drug-likeness (QED) is 0.671. The average molecular weight is 275 g/mol. The minimum absolute atomic E-state index is 0.485. The zero-order valence-corrected chi connectivity index (χ0v) is 10.4. The van der Waals surface area contributed by atoms with Gasteiger partial charge in [-0.3, -0.25) is 0 Å². The highest BCUT2D eigenvalue weighted by atomic mass is 32.2. The first-order chi connectivity index (χ1) is 7.58. The van der Waals surface area contributed by atoms with E-state index in [1.807, 2.05) is 6.92 Å². The van der Waals surface area contributed by atoms with Crippen molar-refractivity contribution in [3.63, 3.8) is 0 Å². The lowest BCUT2D eigenvalue weighted by Crippen LogP contribution is -2.38. The van der Waals surface area contributed by atoms with Gasteiger partial charge in [0.05, 0.1) is 10.8 Å². The Morgan fingerprint density at radius 2 is 1.65 bits per heavy atom. The standard InChI is InChI=1S/C10H14F5NS/c1-3-6-17-8(2,7-16)4-5-9(11,12)10(13,14)15/h3-6H2,1-2H3. The fourth-order valence-electron chi connectivity index (χ4n) is 1.02. The van der Waals surface area contributed by atoms with Crippen molar-refractivity contribution in [2.75, 3.05) is 5.75 Å². The van der Waals surface area contributed by atoms with Gasteiger partial charge >= 0.3 is 12.1 Å². The van der Waals surface area contributed by atoms with E-state index in [9.17, 15) is 22.0 Å². The molecule has 0 saturated carbocycles. The predicted octanol–water partition coefficient (Wildman–Crippen LogP) is 4.39. The Balaban J connectivity index is 4.48. The van der Waals surface area contributed by atoms with Crippen LogP contribution in [0.4, 0.5) is 22.0 Å². The van der Waals surface area contributed by atoms with Crippen LogP contribution in [0, 0.1) is 11.3 Å². The lowest BCUT2D eigenvalue weighted by molar-refractivity contribution is -0.284. The summed E-state index contributed by atoms with van der Waals surface area (Å²) in [5.74, 6) is -4.17. The molecule has 0 aliphatic rings. The van der Waals surface area contributed by atoms with Gasteiger partial charge < -0.3 is 0 Å². The van der Waals surface area contributed by atoms with Crippen LogP contribution in [0.2, 0.25) is 0 Å². The van der Waals surface area contributed by atoms with Crippen molar-refractivity contribution < 1.29 is 22.0 Å². The van der Waals surface area contributed by atoms with Gasteiger partial charge in [-0.05, 0) is 25.5 Å². The van der Waals surface area contributed by atoms with Crippen molar-refractivity contribution in [3.8, 4) is 6.07 Å². The van der Waals surface area contributed by atoms with Crippen molar-refractivity contribution in [2.24, 2.45) is 0 Å². The second-order valence-corrected chi connectivity index (χ2v) is 5.49. The van der Waals surface area contributed by atoms with Crippen LogP contribution < -0.4 is 0 Å². The number of nitriles is 1. The first-order valence-corrected chi connectivity index (χ1v) is 6.06. The summed E-state index contributed by atoms with van der Waals surface area (Å²) in [4.78, 5) is 0. The lowest BCUT2D eigenvalue weighted by atomic mass is 10.0. The van der Waals surface area contributed by atoms with Crippen LogP contribution in [-0.2, 0) is 0 Å². The molecular formula is C10H14F5NS. The maximum Gasteiger partial charge on any atom is 0.453 e. The van der Waals surface area contributed by atoms with Crippen LogP contribution in [0.25, 0.3) is 0 Å². The molecule has 0 aromatic heterocycles. The van der Waals surface area contributed by atoms with E-state index in [1.165, 1.54) is 6.92 Å². The van der Waals surface area contributed by atoms with E-state index in [0.717, 1.165) is 18.2 Å². The molecular weight excluding hydrogens is 261 g/mol. The molecule has 1 nitrogen and oxygen atoms in total.